The molecular weight excluding hydrogens is 649 g/mol. The molecule has 10 heteroatoms. The van der Waals surface area contributed by atoms with Crippen LogP contribution in [0.25, 0.3) is 0 Å². The van der Waals surface area contributed by atoms with Crippen LogP contribution in [-0.4, -0.2) is 100 Å². The molecule has 6 rings (SSSR count). The van der Waals surface area contributed by atoms with Gasteiger partial charge in [0.1, 0.15) is 0 Å². The summed E-state index contributed by atoms with van der Waals surface area (Å²) in [5.41, 5.74) is 5.23. The van der Waals surface area contributed by atoms with Gasteiger partial charge in [0.25, 0.3) is 0 Å². The summed E-state index contributed by atoms with van der Waals surface area (Å²) < 4.78 is 1.04. The number of unbranched alkanes of at least 4 members (excludes halogenated alkanes) is 1. The van der Waals surface area contributed by atoms with E-state index in [1.54, 1.807) is 0 Å². The van der Waals surface area contributed by atoms with Gasteiger partial charge in [-0.1, -0.05) is 37.4 Å². The van der Waals surface area contributed by atoms with Crippen LogP contribution in [0.5, 0.6) is 0 Å². The maximum atomic E-state index is 13.6. The molecule has 0 bridgehead atoms. The SMILES string of the molecule is CCCC[C@H]1CN(C2CCN(C3c4ccc(Cl)cc4CCc4cc(Br)cnc43)CC2)CCN1C(=O)CC1CCN(B(C)O)CC1. The molecule has 1 aliphatic carbocycles. The fourth-order valence-corrected chi connectivity index (χ4v) is 8.99. The number of nitrogens with zero attached hydrogens (tertiary/aromatic N) is 5. The maximum absolute atomic E-state index is 13.6. The Balaban J connectivity index is 1.10. The molecule has 1 N–H and O–H groups in total. The van der Waals surface area contributed by atoms with Crippen LogP contribution in [0.4, 0.5) is 0 Å². The second kappa shape index (κ2) is 15.2. The Morgan fingerprint density at radius 1 is 1.02 bits per heavy atom. The molecule has 2 atom stereocenters. The fraction of sp³-hybridized carbons (Fsp3) is 0.657. The van der Waals surface area contributed by atoms with Crippen LogP contribution in [0.1, 0.15) is 86.7 Å². The molecule has 0 saturated carbocycles. The standard InChI is InChI=1S/C35H50BBrClN5O2/c1-3-4-5-31-24-41(18-19-43(31)33(44)20-25-10-16-42(17-11-25)36(2)45)30-12-14-40(15-13-30)35-32-9-8-29(38)22-26(32)6-7-27-21-28(37)23-39-34(27)35/h8-9,21-23,25,30-31,35,45H,3-7,10-20,24H2,1-2H3/t31-,35?/m0/s1. The number of carbonyl (C=O) groups is 1. The molecule has 0 spiro atoms. The minimum absolute atomic E-state index is 0.156. The van der Waals surface area contributed by atoms with Crippen LogP contribution in [0.3, 0.4) is 0 Å². The van der Waals surface area contributed by atoms with E-state index < -0.39 is 7.05 Å². The van der Waals surface area contributed by atoms with Crippen molar-refractivity contribution < 1.29 is 9.82 Å². The van der Waals surface area contributed by atoms with Gasteiger partial charge in [0.15, 0.2) is 0 Å². The van der Waals surface area contributed by atoms with Gasteiger partial charge in [-0.2, -0.15) is 0 Å². The monoisotopic (exact) mass is 697 g/mol. The quantitative estimate of drug-likeness (QED) is 0.338. The molecule has 3 saturated heterocycles. The van der Waals surface area contributed by atoms with Crippen LogP contribution in [0, 0.1) is 5.92 Å². The van der Waals surface area contributed by atoms with Crippen LogP contribution in [0.2, 0.25) is 11.8 Å². The van der Waals surface area contributed by atoms with Crippen LogP contribution >= 0.6 is 27.5 Å². The zero-order valence-electron chi connectivity index (χ0n) is 27.1. The lowest BCUT2D eigenvalue weighted by Crippen LogP contribution is -2.59. The topological polar surface area (TPSA) is 63.2 Å². The first-order chi connectivity index (χ1) is 21.8. The molecule has 1 unspecified atom stereocenters. The first kappa shape index (κ1) is 33.4. The van der Waals surface area contributed by atoms with E-state index in [0.29, 0.717) is 30.3 Å². The highest BCUT2D eigenvalue weighted by molar-refractivity contribution is 9.10. The van der Waals surface area contributed by atoms with Gasteiger partial charge in [0.05, 0.1) is 11.7 Å². The summed E-state index contributed by atoms with van der Waals surface area (Å²) in [6.07, 6.45) is 12.3. The van der Waals surface area contributed by atoms with Crippen molar-refractivity contribution in [3.05, 3.63) is 62.3 Å². The molecule has 4 aliphatic rings. The lowest BCUT2D eigenvalue weighted by atomic mass is 9.80. The number of halogens is 2. The summed E-state index contributed by atoms with van der Waals surface area (Å²) in [5.74, 6) is 0.790. The summed E-state index contributed by atoms with van der Waals surface area (Å²) in [5, 5.41) is 10.7. The highest BCUT2D eigenvalue weighted by Gasteiger charge is 2.38. The largest absolute Gasteiger partial charge is 0.437 e. The molecule has 0 radical (unpaired) electrons. The lowest BCUT2D eigenvalue weighted by molar-refractivity contribution is -0.138. The number of hydrogen-bond acceptors (Lipinski definition) is 6. The van der Waals surface area contributed by atoms with E-state index in [4.69, 9.17) is 16.6 Å². The highest BCUT2D eigenvalue weighted by Crippen LogP contribution is 2.39. The number of aryl methyl sites for hydroxylation is 2. The van der Waals surface area contributed by atoms with E-state index in [0.717, 1.165) is 107 Å². The first-order valence-electron chi connectivity index (χ1n) is 17.4. The van der Waals surface area contributed by atoms with Gasteiger partial charge in [0, 0.05) is 66.9 Å². The maximum Gasteiger partial charge on any atom is 0.376 e. The number of hydrogen-bond donors (Lipinski definition) is 1. The van der Waals surface area contributed by atoms with Gasteiger partial charge in [-0.05, 0) is 122 Å². The summed E-state index contributed by atoms with van der Waals surface area (Å²) in [6, 6.07) is 9.72. The lowest BCUT2D eigenvalue weighted by Gasteiger charge is -2.48. The van der Waals surface area contributed by atoms with Crippen molar-refractivity contribution in [3.8, 4) is 0 Å². The number of benzene rings is 1. The number of piperazine rings is 1. The van der Waals surface area contributed by atoms with Gasteiger partial charge in [-0.3, -0.25) is 19.6 Å². The van der Waals surface area contributed by atoms with E-state index in [-0.39, 0.29) is 6.04 Å². The predicted molar refractivity (Wildman–Crippen MR) is 187 cm³/mol. The van der Waals surface area contributed by atoms with E-state index >= 15 is 0 Å². The second-order valence-electron chi connectivity index (χ2n) is 13.9. The molecule has 1 aromatic carbocycles. The van der Waals surface area contributed by atoms with Crippen molar-refractivity contribution in [2.24, 2.45) is 5.92 Å². The van der Waals surface area contributed by atoms with Crippen molar-refractivity contribution in [3.63, 3.8) is 0 Å². The molecule has 1 amide bonds. The average molecular weight is 699 g/mol. The van der Waals surface area contributed by atoms with Crippen molar-refractivity contribution in [2.75, 3.05) is 45.8 Å². The van der Waals surface area contributed by atoms with Crippen molar-refractivity contribution in [1.29, 1.82) is 0 Å². The Morgan fingerprint density at radius 3 is 2.51 bits per heavy atom. The zero-order chi connectivity index (χ0) is 31.5. The van der Waals surface area contributed by atoms with E-state index in [9.17, 15) is 9.82 Å². The molecule has 244 valence electrons. The fourth-order valence-electron chi connectivity index (χ4n) is 8.41. The van der Waals surface area contributed by atoms with E-state index in [1.807, 2.05) is 19.1 Å². The number of pyridine rings is 1. The van der Waals surface area contributed by atoms with Crippen molar-refractivity contribution in [1.82, 2.24) is 24.5 Å². The Kier molecular flexibility index (Phi) is 11.3. The van der Waals surface area contributed by atoms with Gasteiger partial charge in [0.2, 0.25) is 5.91 Å². The van der Waals surface area contributed by atoms with Crippen molar-refractivity contribution >= 4 is 40.5 Å². The number of fused-ring (bicyclic) bond motifs is 2. The molecule has 2 aromatic rings. The van der Waals surface area contributed by atoms with Crippen LogP contribution in [0.15, 0.2) is 34.9 Å². The molecule has 7 nitrogen and oxygen atoms in total. The molecule has 3 aliphatic heterocycles. The molecule has 4 heterocycles. The third kappa shape index (κ3) is 7.81. The number of piperidine rings is 2. The minimum atomic E-state index is -0.392. The van der Waals surface area contributed by atoms with Gasteiger partial charge < -0.3 is 14.7 Å². The minimum Gasteiger partial charge on any atom is -0.437 e. The summed E-state index contributed by atoms with van der Waals surface area (Å²) >= 11 is 10.1. The molecule has 45 heavy (non-hydrogen) atoms. The Hall–Kier alpha value is -1.49. The number of amides is 1. The molecule has 3 fully saturated rings. The van der Waals surface area contributed by atoms with E-state index in [2.05, 4.69) is 60.6 Å². The first-order valence-corrected chi connectivity index (χ1v) is 18.6. The number of carbonyl (C=O) groups excluding carboxylic acids is 1. The molecular formula is C35H50BBrClN5O2. The second-order valence-corrected chi connectivity index (χ2v) is 15.3. The summed E-state index contributed by atoms with van der Waals surface area (Å²) in [7, 11) is -0.392. The number of rotatable bonds is 8. The third-order valence-corrected chi connectivity index (χ3v) is 11.7. The Bertz CT molecular complexity index is 1260. The predicted octanol–water partition coefficient (Wildman–Crippen LogP) is 6.07. The zero-order valence-corrected chi connectivity index (χ0v) is 29.5. The normalized spacial score (nSPS) is 24.2. The average Bonchev–Trinajstić information content (AvgIpc) is 3.20. The molecule has 1 aromatic heterocycles. The number of likely N-dealkylation sites (tertiary alicyclic amines) is 1. The van der Waals surface area contributed by atoms with Crippen LogP contribution in [-0.2, 0) is 17.6 Å². The smallest absolute Gasteiger partial charge is 0.376 e. The Morgan fingerprint density at radius 2 is 1.78 bits per heavy atom. The Labute approximate surface area is 283 Å². The van der Waals surface area contributed by atoms with Gasteiger partial charge in [-0.25, -0.2) is 0 Å². The highest BCUT2D eigenvalue weighted by atomic mass is 79.9. The van der Waals surface area contributed by atoms with E-state index in [1.165, 1.54) is 28.8 Å². The summed E-state index contributed by atoms with van der Waals surface area (Å²) in [6.45, 7) is 10.8. The number of aromatic nitrogens is 1. The van der Waals surface area contributed by atoms with Gasteiger partial charge >= 0.3 is 7.05 Å². The van der Waals surface area contributed by atoms with Crippen molar-refractivity contribution in [2.45, 2.75) is 96.1 Å². The van der Waals surface area contributed by atoms with Gasteiger partial charge in [-0.15, -0.1) is 0 Å². The van der Waals surface area contributed by atoms with Crippen LogP contribution < -0.4 is 0 Å². The summed E-state index contributed by atoms with van der Waals surface area (Å²) in [4.78, 5) is 28.4. The third-order valence-electron chi connectivity index (χ3n) is 11.0.